The van der Waals surface area contributed by atoms with Gasteiger partial charge in [-0.3, -0.25) is 4.98 Å². The lowest BCUT2D eigenvalue weighted by Gasteiger charge is -2.15. The van der Waals surface area contributed by atoms with Crippen LogP contribution in [0.3, 0.4) is 0 Å². The number of benzene rings is 3. The van der Waals surface area contributed by atoms with Gasteiger partial charge in [0, 0.05) is 32.4 Å². The number of nitrogens with zero attached hydrogens (tertiary/aromatic N) is 2. The molecule has 0 atom stereocenters. The number of hydrogen-bond donors (Lipinski definition) is 0. The molecule has 0 unspecified atom stereocenters. The van der Waals surface area contributed by atoms with Gasteiger partial charge >= 0.3 is 0 Å². The van der Waals surface area contributed by atoms with Crippen LogP contribution in [0.2, 0.25) is 5.02 Å². The van der Waals surface area contributed by atoms with Gasteiger partial charge in [-0.15, -0.1) is 0 Å². The molecule has 2 aromatic heterocycles. The van der Waals surface area contributed by atoms with E-state index in [9.17, 15) is 0 Å². The molecule has 2 heterocycles. The van der Waals surface area contributed by atoms with Crippen LogP contribution in [-0.2, 0) is 0 Å². The molecule has 3 aromatic carbocycles. The molecule has 0 fully saturated rings. The van der Waals surface area contributed by atoms with E-state index in [-0.39, 0.29) is 0 Å². The minimum Gasteiger partial charge on any atom is -0.252 e. The predicted molar refractivity (Wildman–Crippen MR) is 110 cm³/mol. The van der Waals surface area contributed by atoms with Gasteiger partial charge in [0.05, 0.1) is 16.6 Å². The van der Waals surface area contributed by atoms with Crippen LogP contribution in [0.5, 0.6) is 0 Å². The zero-order valence-electron chi connectivity index (χ0n) is 14.2. The van der Waals surface area contributed by atoms with Crippen molar-refractivity contribution >= 4 is 44.3 Å². The summed E-state index contributed by atoms with van der Waals surface area (Å²) in [5, 5.41) is 3.92. The van der Waals surface area contributed by atoms with E-state index in [0.717, 1.165) is 49.5 Å². The average molecular weight is 355 g/mol. The number of hydrogen-bond acceptors (Lipinski definition) is 2. The highest BCUT2D eigenvalue weighted by Crippen LogP contribution is 2.39. The number of aromatic nitrogens is 2. The molecule has 124 valence electrons. The molecule has 0 radical (unpaired) electrons. The van der Waals surface area contributed by atoms with Crippen molar-refractivity contribution in [2.24, 2.45) is 0 Å². The highest BCUT2D eigenvalue weighted by Gasteiger charge is 2.16. The van der Waals surface area contributed by atoms with Gasteiger partial charge in [0.2, 0.25) is 0 Å². The van der Waals surface area contributed by atoms with Crippen LogP contribution in [0.1, 0.15) is 5.69 Å². The van der Waals surface area contributed by atoms with E-state index < -0.39 is 0 Å². The van der Waals surface area contributed by atoms with Gasteiger partial charge in [-0.1, -0.05) is 60.1 Å². The maximum atomic E-state index is 6.32. The van der Waals surface area contributed by atoms with Crippen molar-refractivity contribution in [3.05, 3.63) is 83.5 Å². The van der Waals surface area contributed by atoms with Gasteiger partial charge in [-0.25, -0.2) is 4.98 Å². The molecule has 5 rings (SSSR count). The Balaban J connectivity index is 2.09. The third-order valence-corrected chi connectivity index (χ3v) is 5.05. The lowest BCUT2D eigenvalue weighted by molar-refractivity contribution is 1.28. The summed E-state index contributed by atoms with van der Waals surface area (Å²) in [7, 11) is 0. The van der Waals surface area contributed by atoms with Crippen LogP contribution in [0.25, 0.3) is 43.8 Å². The molecule has 5 aromatic rings. The summed E-state index contributed by atoms with van der Waals surface area (Å²) in [6, 6.07) is 24.5. The Kier molecular flexibility index (Phi) is 3.41. The number of rotatable bonds is 1. The van der Waals surface area contributed by atoms with Gasteiger partial charge < -0.3 is 0 Å². The quantitative estimate of drug-likeness (QED) is 0.251. The van der Waals surface area contributed by atoms with Gasteiger partial charge in [0.15, 0.2) is 0 Å². The van der Waals surface area contributed by atoms with Crippen molar-refractivity contribution in [3.63, 3.8) is 0 Å². The van der Waals surface area contributed by atoms with E-state index in [1.54, 1.807) is 0 Å². The third-order valence-electron chi connectivity index (χ3n) is 4.82. The van der Waals surface area contributed by atoms with E-state index in [2.05, 4.69) is 37.3 Å². The fraction of sp³-hybridized carbons (Fsp3) is 0.0435. The van der Waals surface area contributed by atoms with Crippen LogP contribution in [0, 0.1) is 6.92 Å². The topological polar surface area (TPSA) is 25.8 Å². The lowest BCUT2D eigenvalue weighted by Crippen LogP contribution is -1.95. The standard InChI is InChI=1S/C23H15ClN2/c1-14-21-22(15-7-3-2-4-8-15)18-13-16(24)11-12-20(18)26-23(21)17-9-5-6-10-19(17)25-14/h2-13H,1H3. The second kappa shape index (κ2) is 5.79. The fourth-order valence-electron chi connectivity index (χ4n) is 3.70. The molecule has 0 saturated heterocycles. The zero-order valence-corrected chi connectivity index (χ0v) is 15.0. The molecule has 0 saturated carbocycles. The Bertz CT molecular complexity index is 1290. The maximum absolute atomic E-state index is 6.32. The number of aryl methyl sites for hydroxylation is 1. The van der Waals surface area contributed by atoms with Crippen molar-refractivity contribution < 1.29 is 0 Å². The molecule has 0 aliphatic heterocycles. The van der Waals surface area contributed by atoms with Gasteiger partial charge in [-0.2, -0.15) is 0 Å². The summed E-state index contributed by atoms with van der Waals surface area (Å²) in [6.45, 7) is 2.05. The van der Waals surface area contributed by atoms with Crippen molar-refractivity contribution in [2.45, 2.75) is 6.92 Å². The molecule has 2 nitrogen and oxygen atoms in total. The minimum absolute atomic E-state index is 0.710. The van der Waals surface area contributed by atoms with E-state index in [4.69, 9.17) is 21.6 Å². The summed E-state index contributed by atoms with van der Waals surface area (Å²) in [5.74, 6) is 0. The summed E-state index contributed by atoms with van der Waals surface area (Å²) < 4.78 is 0. The van der Waals surface area contributed by atoms with Gasteiger partial charge in [-0.05, 0) is 36.8 Å². The van der Waals surface area contributed by atoms with Crippen molar-refractivity contribution in [3.8, 4) is 11.1 Å². The van der Waals surface area contributed by atoms with E-state index >= 15 is 0 Å². The maximum Gasteiger partial charge on any atom is 0.0828 e. The highest BCUT2D eigenvalue weighted by atomic mass is 35.5. The summed E-state index contributed by atoms with van der Waals surface area (Å²) in [6.07, 6.45) is 0. The Morgan fingerprint density at radius 2 is 1.46 bits per heavy atom. The molecular formula is C23H15ClN2. The van der Waals surface area contributed by atoms with Crippen LogP contribution < -0.4 is 0 Å². The third kappa shape index (κ3) is 2.27. The number of halogens is 1. The molecular weight excluding hydrogens is 340 g/mol. The first-order chi connectivity index (χ1) is 12.7. The Morgan fingerprint density at radius 1 is 0.731 bits per heavy atom. The molecule has 3 heteroatoms. The fourth-order valence-corrected chi connectivity index (χ4v) is 3.87. The van der Waals surface area contributed by atoms with Gasteiger partial charge in [0.25, 0.3) is 0 Å². The summed E-state index contributed by atoms with van der Waals surface area (Å²) >= 11 is 6.32. The largest absolute Gasteiger partial charge is 0.252 e. The second-order valence-corrected chi connectivity index (χ2v) is 6.89. The second-order valence-electron chi connectivity index (χ2n) is 6.45. The summed E-state index contributed by atoms with van der Waals surface area (Å²) in [4.78, 5) is 9.84. The zero-order chi connectivity index (χ0) is 17.7. The van der Waals surface area contributed by atoms with Crippen LogP contribution in [0.4, 0.5) is 0 Å². The summed E-state index contributed by atoms with van der Waals surface area (Å²) in [5.41, 5.74) is 6.17. The molecule has 26 heavy (non-hydrogen) atoms. The van der Waals surface area contributed by atoms with Crippen LogP contribution >= 0.6 is 11.6 Å². The van der Waals surface area contributed by atoms with Crippen molar-refractivity contribution in [2.75, 3.05) is 0 Å². The first kappa shape index (κ1) is 15.3. The van der Waals surface area contributed by atoms with Crippen molar-refractivity contribution in [1.29, 1.82) is 0 Å². The first-order valence-corrected chi connectivity index (χ1v) is 8.94. The molecule has 0 N–H and O–H groups in total. The van der Waals surface area contributed by atoms with E-state index in [1.165, 1.54) is 0 Å². The molecule has 0 bridgehead atoms. The first-order valence-electron chi connectivity index (χ1n) is 8.56. The highest BCUT2D eigenvalue weighted by molar-refractivity contribution is 6.32. The van der Waals surface area contributed by atoms with Crippen LogP contribution in [0.15, 0.2) is 72.8 Å². The normalized spacial score (nSPS) is 11.5. The Hall–Kier alpha value is -2.97. The molecule has 0 amide bonds. The Labute approximate surface area is 156 Å². The number of fused-ring (bicyclic) bond motifs is 4. The minimum atomic E-state index is 0.710. The molecule has 0 aliphatic rings. The number of para-hydroxylation sites is 1. The lowest BCUT2D eigenvalue weighted by atomic mass is 9.94. The SMILES string of the molecule is Cc1nc2ccccc2c2nc3ccc(Cl)cc3c(-c3ccccc3)c12. The van der Waals surface area contributed by atoms with Gasteiger partial charge in [0.1, 0.15) is 0 Å². The average Bonchev–Trinajstić information content (AvgIpc) is 2.67. The monoisotopic (exact) mass is 354 g/mol. The van der Waals surface area contributed by atoms with Crippen molar-refractivity contribution in [1.82, 2.24) is 9.97 Å². The predicted octanol–water partition coefficient (Wildman–Crippen LogP) is 6.57. The number of pyridine rings is 2. The van der Waals surface area contributed by atoms with Crippen LogP contribution in [-0.4, -0.2) is 9.97 Å². The van der Waals surface area contributed by atoms with E-state index in [0.29, 0.717) is 5.02 Å². The Morgan fingerprint density at radius 3 is 2.31 bits per heavy atom. The molecule has 0 spiro atoms. The van der Waals surface area contributed by atoms with E-state index in [1.807, 2.05) is 42.5 Å². The smallest absolute Gasteiger partial charge is 0.0828 e. The molecule has 0 aliphatic carbocycles.